The Morgan fingerprint density at radius 3 is 2.77 bits per heavy atom. The number of anilines is 1. The van der Waals surface area contributed by atoms with Crippen molar-refractivity contribution in [2.24, 2.45) is 0 Å². The number of nitrogens with one attached hydrogen (secondary N) is 1. The van der Waals surface area contributed by atoms with E-state index in [2.05, 4.69) is 5.32 Å². The summed E-state index contributed by atoms with van der Waals surface area (Å²) >= 11 is 5.97. The molecule has 0 aromatic heterocycles. The maximum Gasteiger partial charge on any atom is 0.227 e. The lowest BCUT2D eigenvalue weighted by Gasteiger charge is -2.11. The van der Waals surface area contributed by atoms with Gasteiger partial charge in [0.25, 0.3) is 0 Å². The van der Waals surface area contributed by atoms with Crippen molar-refractivity contribution in [3.05, 3.63) is 58.6 Å². The summed E-state index contributed by atoms with van der Waals surface area (Å²) < 4.78 is 5.49. The molecule has 116 valence electrons. The number of hydrogen-bond acceptors (Lipinski definition) is 3. The van der Waals surface area contributed by atoms with Gasteiger partial charge in [-0.1, -0.05) is 35.9 Å². The molecule has 2 aromatic carbocycles. The summed E-state index contributed by atoms with van der Waals surface area (Å²) in [7, 11) is 0. The van der Waals surface area contributed by atoms with Crippen LogP contribution in [0.1, 0.15) is 17.5 Å². The second-order valence-electron chi connectivity index (χ2n) is 4.88. The van der Waals surface area contributed by atoms with Gasteiger partial charge in [-0.2, -0.15) is 0 Å². The van der Waals surface area contributed by atoms with Crippen molar-refractivity contribution in [1.29, 1.82) is 0 Å². The second kappa shape index (κ2) is 7.82. The summed E-state index contributed by atoms with van der Waals surface area (Å²) in [6.45, 7) is 2.09. The summed E-state index contributed by atoms with van der Waals surface area (Å²) in [5, 5.41) is 12.5. The van der Waals surface area contributed by atoms with Crippen LogP contribution in [0.2, 0.25) is 5.02 Å². The maximum atomic E-state index is 12.0. The van der Waals surface area contributed by atoms with Crippen LogP contribution >= 0.6 is 11.6 Å². The summed E-state index contributed by atoms with van der Waals surface area (Å²) in [6, 6.07) is 12.6. The lowest BCUT2D eigenvalue weighted by molar-refractivity contribution is -0.116. The van der Waals surface area contributed by atoms with E-state index in [-0.39, 0.29) is 25.5 Å². The van der Waals surface area contributed by atoms with Crippen LogP contribution in [0.25, 0.3) is 0 Å². The number of ether oxygens (including phenoxy) is 1. The number of amides is 1. The molecule has 1 amide bonds. The van der Waals surface area contributed by atoms with Crippen molar-refractivity contribution in [2.75, 3.05) is 11.9 Å². The van der Waals surface area contributed by atoms with E-state index in [0.29, 0.717) is 16.5 Å². The molecule has 0 aliphatic carbocycles. The fourth-order valence-electron chi connectivity index (χ4n) is 1.93. The van der Waals surface area contributed by atoms with Crippen LogP contribution < -0.4 is 10.1 Å². The topological polar surface area (TPSA) is 58.6 Å². The lowest BCUT2D eigenvalue weighted by atomic mass is 10.1. The van der Waals surface area contributed by atoms with Gasteiger partial charge in [-0.15, -0.1) is 0 Å². The fourth-order valence-corrected chi connectivity index (χ4v) is 2.12. The average molecular weight is 320 g/mol. The highest BCUT2D eigenvalue weighted by Crippen LogP contribution is 2.23. The summed E-state index contributed by atoms with van der Waals surface area (Å²) in [5.74, 6) is 0.417. The van der Waals surface area contributed by atoms with E-state index in [1.165, 1.54) is 0 Å². The standard InChI is InChI=1S/C17H18ClNO3/c1-12-6-7-13(11-20)10-15(12)19-17(21)8-9-22-16-5-3-2-4-14(16)18/h2-7,10,20H,8-9,11H2,1H3,(H,19,21). The molecule has 2 N–H and O–H groups in total. The molecule has 0 bridgehead atoms. The molecule has 0 heterocycles. The Balaban J connectivity index is 1.87. The van der Waals surface area contributed by atoms with Gasteiger partial charge >= 0.3 is 0 Å². The molecule has 2 rings (SSSR count). The predicted octanol–water partition coefficient (Wildman–Crippen LogP) is 3.55. The third-order valence-corrected chi connectivity index (χ3v) is 3.49. The first-order chi connectivity index (χ1) is 10.6. The van der Waals surface area contributed by atoms with Gasteiger partial charge in [-0.25, -0.2) is 0 Å². The number of halogens is 1. The number of para-hydroxylation sites is 1. The average Bonchev–Trinajstić information content (AvgIpc) is 2.51. The van der Waals surface area contributed by atoms with Crippen LogP contribution in [0.4, 0.5) is 5.69 Å². The largest absolute Gasteiger partial charge is 0.491 e. The Kier molecular flexibility index (Phi) is 5.81. The Labute approximate surface area is 134 Å². The molecule has 0 radical (unpaired) electrons. The molecule has 2 aromatic rings. The third kappa shape index (κ3) is 4.48. The van der Waals surface area contributed by atoms with Crippen LogP contribution in [0, 0.1) is 6.92 Å². The summed E-state index contributed by atoms with van der Waals surface area (Å²) in [5.41, 5.74) is 2.40. The SMILES string of the molecule is Cc1ccc(CO)cc1NC(=O)CCOc1ccccc1Cl. The number of hydrogen-bond donors (Lipinski definition) is 2. The fraction of sp³-hybridized carbons (Fsp3) is 0.235. The molecule has 0 aliphatic rings. The number of carbonyl (C=O) groups excluding carboxylic acids is 1. The van der Waals surface area contributed by atoms with E-state index < -0.39 is 0 Å². The smallest absolute Gasteiger partial charge is 0.227 e. The third-order valence-electron chi connectivity index (χ3n) is 3.18. The van der Waals surface area contributed by atoms with Crippen LogP contribution in [0.3, 0.4) is 0 Å². The molecule has 0 aliphatic heterocycles. The van der Waals surface area contributed by atoms with Crippen molar-refractivity contribution in [2.45, 2.75) is 20.0 Å². The van der Waals surface area contributed by atoms with E-state index >= 15 is 0 Å². The molecule has 0 saturated carbocycles. The predicted molar refractivity (Wildman–Crippen MR) is 87.3 cm³/mol. The van der Waals surface area contributed by atoms with Crippen molar-refractivity contribution >= 4 is 23.2 Å². The molecule has 0 saturated heterocycles. The Morgan fingerprint density at radius 1 is 1.27 bits per heavy atom. The number of aryl methyl sites for hydroxylation is 1. The molecular formula is C17H18ClNO3. The lowest BCUT2D eigenvalue weighted by Crippen LogP contribution is -2.16. The van der Waals surface area contributed by atoms with Gasteiger partial charge in [-0.05, 0) is 36.2 Å². The molecule has 0 atom stereocenters. The first-order valence-electron chi connectivity index (χ1n) is 6.97. The van der Waals surface area contributed by atoms with Gasteiger partial charge in [0.15, 0.2) is 0 Å². The highest BCUT2D eigenvalue weighted by molar-refractivity contribution is 6.32. The first kappa shape index (κ1) is 16.3. The van der Waals surface area contributed by atoms with Crippen molar-refractivity contribution in [3.63, 3.8) is 0 Å². The molecule has 0 unspecified atom stereocenters. The van der Waals surface area contributed by atoms with Gasteiger partial charge in [0.05, 0.1) is 24.7 Å². The molecule has 5 heteroatoms. The molecule has 0 spiro atoms. The Hall–Kier alpha value is -2.04. The zero-order valence-corrected chi connectivity index (χ0v) is 13.1. The number of rotatable bonds is 6. The number of aliphatic hydroxyl groups excluding tert-OH is 1. The Morgan fingerprint density at radius 2 is 2.05 bits per heavy atom. The van der Waals surface area contributed by atoms with Gasteiger partial charge in [-0.3, -0.25) is 4.79 Å². The summed E-state index contributed by atoms with van der Waals surface area (Å²) in [4.78, 5) is 12.0. The van der Waals surface area contributed by atoms with Crippen molar-refractivity contribution < 1.29 is 14.6 Å². The van der Waals surface area contributed by atoms with Crippen LogP contribution in [-0.2, 0) is 11.4 Å². The first-order valence-corrected chi connectivity index (χ1v) is 7.35. The summed E-state index contributed by atoms with van der Waals surface area (Å²) in [6.07, 6.45) is 0.216. The number of aliphatic hydroxyl groups is 1. The second-order valence-corrected chi connectivity index (χ2v) is 5.29. The molecular weight excluding hydrogens is 302 g/mol. The minimum atomic E-state index is -0.148. The quantitative estimate of drug-likeness (QED) is 0.856. The van der Waals surface area contributed by atoms with Crippen LogP contribution in [0.5, 0.6) is 5.75 Å². The van der Waals surface area contributed by atoms with Crippen molar-refractivity contribution in [1.82, 2.24) is 0 Å². The normalized spacial score (nSPS) is 10.3. The van der Waals surface area contributed by atoms with Crippen LogP contribution in [0.15, 0.2) is 42.5 Å². The van der Waals surface area contributed by atoms with Gasteiger partial charge in [0, 0.05) is 5.69 Å². The van der Waals surface area contributed by atoms with Gasteiger partial charge < -0.3 is 15.2 Å². The molecule has 0 fully saturated rings. The van der Waals surface area contributed by atoms with E-state index in [4.69, 9.17) is 21.4 Å². The monoisotopic (exact) mass is 319 g/mol. The van der Waals surface area contributed by atoms with E-state index in [1.54, 1.807) is 18.2 Å². The van der Waals surface area contributed by atoms with Crippen LogP contribution in [-0.4, -0.2) is 17.6 Å². The number of carbonyl (C=O) groups is 1. The van der Waals surface area contributed by atoms with Gasteiger partial charge in [0.1, 0.15) is 5.75 Å². The highest BCUT2D eigenvalue weighted by Gasteiger charge is 2.07. The highest BCUT2D eigenvalue weighted by atomic mass is 35.5. The van der Waals surface area contributed by atoms with Crippen molar-refractivity contribution in [3.8, 4) is 5.75 Å². The minimum absolute atomic E-state index is 0.0568. The maximum absolute atomic E-state index is 12.0. The van der Waals surface area contributed by atoms with Gasteiger partial charge in [0.2, 0.25) is 5.91 Å². The Bertz CT molecular complexity index is 658. The molecule has 22 heavy (non-hydrogen) atoms. The van der Waals surface area contributed by atoms with E-state index in [0.717, 1.165) is 11.1 Å². The minimum Gasteiger partial charge on any atom is -0.491 e. The zero-order valence-electron chi connectivity index (χ0n) is 12.3. The van der Waals surface area contributed by atoms with E-state index in [1.807, 2.05) is 31.2 Å². The number of benzene rings is 2. The zero-order chi connectivity index (χ0) is 15.9. The molecule has 4 nitrogen and oxygen atoms in total. The van der Waals surface area contributed by atoms with E-state index in [9.17, 15) is 4.79 Å².